The molecule has 0 saturated heterocycles. The van der Waals surface area contributed by atoms with E-state index in [1.54, 1.807) is 0 Å². The maximum Gasteiger partial charge on any atom is 0.385 e. The molecule has 2 heteroatoms. The molecule has 0 atom stereocenters. The Balaban J connectivity index is 3.74. The van der Waals surface area contributed by atoms with Gasteiger partial charge in [-0.1, -0.05) is 0 Å². The van der Waals surface area contributed by atoms with E-state index in [9.17, 15) is 4.79 Å². The Labute approximate surface area is 47.8 Å². The molecule has 0 heterocycles. The lowest BCUT2D eigenvalue weighted by atomic mass is 10.6. The van der Waals surface area contributed by atoms with Gasteiger partial charge in [0.05, 0.1) is 7.11 Å². The summed E-state index contributed by atoms with van der Waals surface area (Å²) in [5.74, 6) is 5.50. The molecule has 0 rings (SSSR count). The molecule has 0 aromatic heterocycles. The zero-order valence-corrected chi connectivity index (χ0v) is 4.39. The molecular formula is C6H4O2. The Morgan fingerprint density at radius 1 is 1.75 bits per heavy atom. The van der Waals surface area contributed by atoms with Crippen LogP contribution in [0.3, 0.4) is 0 Å². The van der Waals surface area contributed by atoms with Gasteiger partial charge in [-0.25, -0.2) is 4.79 Å². The lowest BCUT2D eigenvalue weighted by Crippen LogP contribution is -1.93. The molecule has 8 heavy (non-hydrogen) atoms. The highest BCUT2D eigenvalue weighted by molar-refractivity contribution is 5.88. The van der Waals surface area contributed by atoms with Crippen LogP contribution in [0, 0.1) is 24.2 Å². The second kappa shape index (κ2) is 3.77. The first-order valence-electron chi connectivity index (χ1n) is 1.86. The standard InChI is InChI=1S/C6H4O2/c1-3-4-5-6(7)8-2/h1H,2H3. The van der Waals surface area contributed by atoms with Crippen LogP contribution in [-0.2, 0) is 9.53 Å². The molecule has 0 aliphatic carbocycles. The molecule has 0 spiro atoms. The number of ether oxygens (including phenoxy) is 1. The summed E-state index contributed by atoms with van der Waals surface area (Å²) in [4.78, 5) is 10.1. The minimum absolute atomic E-state index is 0.608. The molecule has 0 saturated carbocycles. The third-order valence-corrected chi connectivity index (χ3v) is 0.422. The largest absolute Gasteiger partial charge is 0.459 e. The van der Waals surface area contributed by atoms with E-state index < -0.39 is 5.97 Å². The van der Waals surface area contributed by atoms with Gasteiger partial charge in [-0.15, -0.1) is 6.42 Å². The van der Waals surface area contributed by atoms with E-state index >= 15 is 0 Å². The fraction of sp³-hybridized carbons (Fsp3) is 0.167. The maximum absolute atomic E-state index is 10.1. The summed E-state index contributed by atoms with van der Waals surface area (Å²) < 4.78 is 4.14. The summed E-state index contributed by atoms with van der Waals surface area (Å²) in [6.45, 7) is 0. The fourth-order valence-corrected chi connectivity index (χ4v) is 0.138. The summed E-state index contributed by atoms with van der Waals surface area (Å²) in [6, 6.07) is 0. The number of carbonyl (C=O) groups is 1. The van der Waals surface area contributed by atoms with Crippen molar-refractivity contribution >= 4 is 5.97 Å². The minimum Gasteiger partial charge on any atom is -0.459 e. The molecule has 2 nitrogen and oxygen atoms in total. The van der Waals surface area contributed by atoms with Crippen LogP contribution in [0.2, 0.25) is 0 Å². The molecule has 0 fully saturated rings. The number of hydrogen-bond donors (Lipinski definition) is 0. The van der Waals surface area contributed by atoms with Gasteiger partial charge in [0.25, 0.3) is 0 Å². The van der Waals surface area contributed by atoms with E-state index in [2.05, 4.69) is 10.7 Å². The summed E-state index contributed by atoms with van der Waals surface area (Å²) in [7, 11) is 1.24. The van der Waals surface area contributed by atoms with E-state index in [0.717, 1.165) is 0 Å². The molecule has 0 radical (unpaired) electrons. The van der Waals surface area contributed by atoms with Crippen molar-refractivity contribution in [3.63, 3.8) is 0 Å². The second-order valence-corrected chi connectivity index (χ2v) is 0.886. The fourth-order valence-electron chi connectivity index (χ4n) is 0.138. The highest BCUT2D eigenvalue weighted by Crippen LogP contribution is 1.64. The monoisotopic (exact) mass is 108 g/mol. The zero-order valence-electron chi connectivity index (χ0n) is 4.39. The molecule has 0 aromatic rings. The van der Waals surface area contributed by atoms with Crippen LogP contribution in [0.1, 0.15) is 0 Å². The van der Waals surface area contributed by atoms with E-state index in [-0.39, 0.29) is 0 Å². The Bertz CT molecular complexity index is 175. The minimum atomic E-state index is -0.608. The number of esters is 1. The summed E-state index contributed by atoms with van der Waals surface area (Å²) in [5, 5.41) is 0. The molecule has 40 valence electrons. The Morgan fingerprint density at radius 3 is 2.75 bits per heavy atom. The van der Waals surface area contributed by atoms with E-state index in [1.807, 2.05) is 11.8 Å². The van der Waals surface area contributed by atoms with Crippen molar-refractivity contribution in [3.8, 4) is 24.2 Å². The Kier molecular flexibility index (Phi) is 3.10. The van der Waals surface area contributed by atoms with Crippen LogP contribution in [0.15, 0.2) is 0 Å². The number of terminal acetylenes is 1. The quantitative estimate of drug-likeness (QED) is 0.244. The van der Waals surface area contributed by atoms with Gasteiger partial charge >= 0.3 is 5.97 Å². The number of hydrogen-bond acceptors (Lipinski definition) is 2. The summed E-state index contributed by atoms with van der Waals surface area (Å²) >= 11 is 0. The maximum atomic E-state index is 10.1. The van der Waals surface area contributed by atoms with Crippen molar-refractivity contribution in [3.05, 3.63) is 0 Å². The SMILES string of the molecule is C#CC#CC(=O)OC. The number of rotatable bonds is 0. The van der Waals surface area contributed by atoms with Crippen LogP contribution in [0.25, 0.3) is 0 Å². The lowest BCUT2D eigenvalue weighted by molar-refractivity contribution is -0.133. The van der Waals surface area contributed by atoms with Gasteiger partial charge < -0.3 is 4.74 Å². The predicted molar refractivity (Wildman–Crippen MR) is 28.6 cm³/mol. The highest BCUT2D eigenvalue weighted by Gasteiger charge is 1.85. The van der Waals surface area contributed by atoms with E-state index in [1.165, 1.54) is 7.11 Å². The predicted octanol–water partition coefficient (Wildman–Crippen LogP) is -0.204. The van der Waals surface area contributed by atoms with Gasteiger partial charge in [-0.2, -0.15) is 0 Å². The summed E-state index contributed by atoms with van der Waals surface area (Å²) in [5.41, 5.74) is 0. The average molecular weight is 108 g/mol. The van der Waals surface area contributed by atoms with Gasteiger partial charge in [-0.3, -0.25) is 0 Å². The second-order valence-electron chi connectivity index (χ2n) is 0.886. The van der Waals surface area contributed by atoms with Crippen molar-refractivity contribution in [2.45, 2.75) is 0 Å². The molecule has 0 aliphatic heterocycles. The number of methoxy groups -OCH3 is 1. The third kappa shape index (κ3) is 2.81. The lowest BCUT2D eigenvalue weighted by Gasteiger charge is -1.80. The van der Waals surface area contributed by atoms with Gasteiger partial charge in [0.15, 0.2) is 0 Å². The van der Waals surface area contributed by atoms with E-state index in [0.29, 0.717) is 0 Å². The molecule has 0 N–H and O–H groups in total. The van der Waals surface area contributed by atoms with Crippen molar-refractivity contribution in [1.82, 2.24) is 0 Å². The first-order chi connectivity index (χ1) is 3.81. The molecule has 0 aromatic carbocycles. The summed E-state index contributed by atoms with van der Waals surface area (Å²) in [6.07, 6.45) is 4.70. The van der Waals surface area contributed by atoms with Crippen LogP contribution in [0.5, 0.6) is 0 Å². The zero-order chi connectivity index (χ0) is 6.41. The van der Waals surface area contributed by atoms with Gasteiger partial charge in [0.2, 0.25) is 0 Å². The van der Waals surface area contributed by atoms with Gasteiger partial charge in [0, 0.05) is 5.92 Å². The Morgan fingerprint density at radius 2 is 2.38 bits per heavy atom. The van der Waals surface area contributed by atoms with Crippen molar-refractivity contribution in [1.29, 1.82) is 0 Å². The first kappa shape index (κ1) is 6.59. The number of carbonyl (C=O) groups excluding carboxylic acids is 1. The van der Waals surface area contributed by atoms with Crippen LogP contribution in [0.4, 0.5) is 0 Å². The van der Waals surface area contributed by atoms with Gasteiger partial charge in [-0.05, 0) is 11.8 Å². The van der Waals surface area contributed by atoms with Gasteiger partial charge in [0.1, 0.15) is 0 Å². The molecule has 0 bridgehead atoms. The van der Waals surface area contributed by atoms with Crippen LogP contribution < -0.4 is 0 Å². The normalized spacial score (nSPS) is 5.50. The van der Waals surface area contributed by atoms with Crippen molar-refractivity contribution in [2.75, 3.05) is 7.11 Å². The van der Waals surface area contributed by atoms with Crippen molar-refractivity contribution in [2.24, 2.45) is 0 Å². The highest BCUT2D eigenvalue weighted by atomic mass is 16.5. The smallest absolute Gasteiger partial charge is 0.385 e. The third-order valence-electron chi connectivity index (χ3n) is 0.422. The van der Waals surface area contributed by atoms with Crippen LogP contribution in [-0.4, -0.2) is 13.1 Å². The molecular weight excluding hydrogens is 104 g/mol. The topological polar surface area (TPSA) is 26.3 Å². The van der Waals surface area contributed by atoms with Crippen LogP contribution >= 0.6 is 0 Å². The molecule has 0 amide bonds. The molecule has 0 aliphatic rings. The van der Waals surface area contributed by atoms with E-state index in [4.69, 9.17) is 6.42 Å². The van der Waals surface area contributed by atoms with Crippen molar-refractivity contribution < 1.29 is 9.53 Å². The Hall–Kier alpha value is -1.41. The molecule has 0 unspecified atom stereocenters. The average Bonchev–Trinajstić information content (AvgIpc) is 1.83. The first-order valence-corrected chi connectivity index (χ1v) is 1.86.